The molecule has 2 N–H and O–H groups in total. The van der Waals surface area contributed by atoms with Crippen LogP contribution in [0.25, 0.3) is 0 Å². The molecule has 0 aliphatic carbocycles. The van der Waals surface area contributed by atoms with Crippen LogP contribution < -0.4 is 10.6 Å². The molecule has 1 aliphatic heterocycles. The second kappa shape index (κ2) is 7.15. The van der Waals surface area contributed by atoms with Crippen LogP contribution in [0.15, 0.2) is 22.7 Å². The van der Waals surface area contributed by atoms with Crippen molar-refractivity contribution in [1.29, 1.82) is 0 Å². The average Bonchev–Trinajstić information content (AvgIpc) is 2.92. The van der Waals surface area contributed by atoms with Crippen molar-refractivity contribution in [2.24, 2.45) is 0 Å². The van der Waals surface area contributed by atoms with E-state index < -0.39 is 0 Å². The van der Waals surface area contributed by atoms with Gasteiger partial charge in [-0.3, -0.25) is 10.1 Å². The molecular weight excluding hydrogens is 340 g/mol. The molecule has 0 radical (unpaired) electrons. The SMILES string of the molecule is Cc1ccc(C(=O)NC(=S)NC[C@@H]2CCCO2)cc1Br. The lowest BCUT2D eigenvalue weighted by Gasteiger charge is -2.13. The minimum atomic E-state index is -0.212. The van der Waals surface area contributed by atoms with Gasteiger partial charge in [0.2, 0.25) is 0 Å². The zero-order chi connectivity index (χ0) is 14.5. The Kier molecular flexibility index (Phi) is 5.51. The Morgan fingerprint density at radius 3 is 3.00 bits per heavy atom. The van der Waals surface area contributed by atoms with Crippen LogP contribution >= 0.6 is 28.1 Å². The molecule has 1 aromatic carbocycles. The Balaban J connectivity index is 1.83. The fourth-order valence-electron chi connectivity index (χ4n) is 1.97. The van der Waals surface area contributed by atoms with Gasteiger partial charge in [-0.05, 0) is 49.7 Å². The summed E-state index contributed by atoms with van der Waals surface area (Å²) in [6.45, 7) is 3.42. The number of aryl methyl sites for hydroxylation is 1. The molecule has 6 heteroatoms. The molecule has 4 nitrogen and oxygen atoms in total. The molecule has 0 aromatic heterocycles. The van der Waals surface area contributed by atoms with Crippen molar-refractivity contribution in [3.63, 3.8) is 0 Å². The highest BCUT2D eigenvalue weighted by Gasteiger charge is 2.16. The number of hydrogen-bond acceptors (Lipinski definition) is 3. The molecule has 0 bridgehead atoms. The predicted molar refractivity (Wildman–Crippen MR) is 85.9 cm³/mol. The second-order valence-corrected chi connectivity index (χ2v) is 6.03. The van der Waals surface area contributed by atoms with Gasteiger partial charge in [0.1, 0.15) is 0 Å². The van der Waals surface area contributed by atoms with Gasteiger partial charge in [-0.2, -0.15) is 0 Å². The van der Waals surface area contributed by atoms with E-state index >= 15 is 0 Å². The smallest absolute Gasteiger partial charge is 0.257 e. The third-order valence-electron chi connectivity index (χ3n) is 3.18. The maximum atomic E-state index is 12.0. The standard InChI is InChI=1S/C14H17BrN2O2S/c1-9-4-5-10(7-12(9)15)13(18)17-14(20)16-8-11-3-2-6-19-11/h4-5,7,11H,2-3,6,8H2,1H3,(H2,16,17,18,20)/t11-/m0/s1. The minimum absolute atomic E-state index is 0.193. The van der Waals surface area contributed by atoms with Crippen molar-refractivity contribution >= 4 is 39.2 Å². The Morgan fingerprint density at radius 2 is 2.35 bits per heavy atom. The van der Waals surface area contributed by atoms with Gasteiger partial charge in [0, 0.05) is 23.2 Å². The number of ether oxygens (including phenoxy) is 1. The highest BCUT2D eigenvalue weighted by molar-refractivity contribution is 9.10. The molecule has 108 valence electrons. The van der Waals surface area contributed by atoms with E-state index in [4.69, 9.17) is 17.0 Å². The third-order valence-corrected chi connectivity index (χ3v) is 4.28. The maximum absolute atomic E-state index is 12.0. The number of amides is 1. The van der Waals surface area contributed by atoms with Crippen molar-refractivity contribution in [2.75, 3.05) is 13.2 Å². The van der Waals surface area contributed by atoms with E-state index in [9.17, 15) is 4.79 Å². The van der Waals surface area contributed by atoms with Crippen molar-refractivity contribution in [3.8, 4) is 0 Å². The fraction of sp³-hybridized carbons (Fsp3) is 0.429. The highest BCUT2D eigenvalue weighted by Crippen LogP contribution is 2.17. The van der Waals surface area contributed by atoms with Crippen molar-refractivity contribution in [2.45, 2.75) is 25.9 Å². The van der Waals surface area contributed by atoms with E-state index in [-0.39, 0.29) is 12.0 Å². The summed E-state index contributed by atoms with van der Waals surface area (Å²) in [6.07, 6.45) is 2.32. The number of hydrogen-bond donors (Lipinski definition) is 2. The first kappa shape index (κ1) is 15.4. The van der Waals surface area contributed by atoms with E-state index in [1.54, 1.807) is 12.1 Å². The summed E-state index contributed by atoms with van der Waals surface area (Å²) in [7, 11) is 0. The van der Waals surface area contributed by atoms with E-state index in [0.29, 0.717) is 17.2 Å². The first-order chi connectivity index (χ1) is 9.56. The zero-order valence-corrected chi connectivity index (χ0v) is 13.6. The number of nitrogens with one attached hydrogen (secondary N) is 2. The predicted octanol–water partition coefficient (Wildman–Crippen LogP) is 2.54. The maximum Gasteiger partial charge on any atom is 0.257 e. The van der Waals surface area contributed by atoms with Gasteiger partial charge >= 0.3 is 0 Å². The molecule has 0 spiro atoms. The number of thiocarbonyl (C=S) groups is 1. The van der Waals surface area contributed by atoms with Gasteiger partial charge in [0.15, 0.2) is 5.11 Å². The van der Waals surface area contributed by atoms with Gasteiger partial charge in [-0.15, -0.1) is 0 Å². The zero-order valence-electron chi connectivity index (χ0n) is 11.2. The monoisotopic (exact) mass is 356 g/mol. The van der Waals surface area contributed by atoms with Crippen LogP contribution in [-0.4, -0.2) is 30.3 Å². The van der Waals surface area contributed by atoms with E-state index in [1.807, 2.05) is 13.0 Å². The van der Waals surface area contributed by atoms with Gasteiger partial charge < -0.3 is 10.1 Å². The summed E-state index contributed by atoms with van der Waals surface area (Å²) in [4.78, 5) is 12.0. The van der Waals surface area contributed by atoms with Crippen LogP contribution in [-0.2, 0) is 4.74 Å². The summed E-state index contributed by atoms with van der Waals surface area (Å²) >= 11 is 8.52. The Labute approximate surface area is 132 Å². The number of benzene rings is 1. The molecule has 1 amide bonds. The van der Waals surface area contributed by atoms with Crippen molar-refractivity contribution in [3.05, 3.63) is 33.8 Å². The first-order valence-corrected chi connectivity index (χ1v) is 7.73. The quantitative estimate of drug-likeness (QED) is 0.817. The van der Waals surface area contributed by atoms with E-state index in [0.717, 1.165) is 29.5 Å². The van der Waals surface area contributed by atoms with Gasteiger partial charge in [0.25, 0.3) is 5.91 Å². The largest absolute Gasteiger partial charge is 0.376 e. The first-order valence-electron chi connectivity index (χ1n) is 6.53. The minimum Gasteiger partial charge on any atom is -0.376 e. The van der Waals surface area contributed by atoms with Crippen molar-refractivity contribution in [1.82, 2.24) is 10.6 Å². The van der Waals surface area contributed by atoms with Crippen molar-refractivity contribution < 1.29 is 9.53 Å². The van der Waals surface area contributed by atoms with Crippen LogP contribution in [0, 0.1) is 6.92 Å². The molecule has 0 unspecified atom stereocenters. The van der Waals surface area contributed by atoms with E-state index in [1.165, 1.54) is 0 Å². The molecule has 1 aliphatic rings. The summed E-state index contributed by atoms with van der Waals surface area (Å²) < 4.78 is 6.39. The van der Waals surface area contributed by atoms with Crippen LogP contribution in [0.2, 0.25) is 0 Å². The Morgan fingerprint density at radius 1 is 1.55 bits per heavy atom. The molecular formula is C14H17BrN2O2S. The fourth-order valence-corrected chi connectivity index (χ4v) is 2.52. The van der Waals surface area contributed by atoms with Crippen LogP contribution in [0.4, 0.5) is 0 Å². The molecule has 20 heavy (non-hydrogen) atoms. The van der Waals surface area contributed by atoms with Crippen LogP contribution in [0.5, 0.6) is 0 Å². The number of rotatable bonds is 3. The molecule has 1 aromatic rings. The topological polar surface area (TPSA) is 50.4 Å². The highest BCUT2D eigenvalue weighted by atomic mass is 79.9. The molecule has 2 rings (SSSR count). The summed E-state index contributed by atoms with van der Waals surface area (Å²) in [5, 5.41) is 6.02. The van der Waals surface area contributed by atoms with E-state index in [2.05, 4.69) is 26.6 Å². The molecule has 1 fully saturated rings. The summed E-state index contributed by atoms with van der Waals surface area (Å²) in [5.41, 5.74) is 1.66. The lowest BCUT2D eigenvalue weighted by molar-refractivity contribution is 0.0973. The number of carbonyl (C=O) groups excluding carboxylic acids is 1. The second-order valence-electron chi connectivity index (χ2n) is 4.76. The normalized spacial score (nSPS) is 17.8. The molecule has 0 saturated carbocycles. The summed E-state index contributed by atoms with van der Waals surface area (Å²) in [6, 6.07) is 5.45. The summed E-state index contributed by atoms with van der Waals surface area (Å²) in [5.74, 6) is -0.212. The van der Waals surface area contributed by atoms with Gasteiger partial charge in [-0.1, -0.05) is 22.0 Å². The lowest BCUT2D eigenvalue weighted by atomic mass is 10.1. The lowest BCUT2D eigenvalue weighted by Crippen LogP contribution is -2.42. The number of carbonyl (C=O) groups is 1. The molecule has 1 atom stereocenters. The number of halogens is 1. The molecule has 1 heterocycles. The van der Waals surface area contributed by atoms with Gasteiger partial charge in [0.05, 0.1) is 6.10 Å². The Bertz CT molecular complexity index is 516. The Hall–Kier alpha value is -0.980. The van der Waals surface area contributed by atoms with Gasteiger partial charge in [-0.25, -0.2) is 0 Å². The van der Waals surface area contributed by atoms with Crippen LogP contribution in [0.3, 0.4) is 0 Å². The molecule has 1 saturated heterocycles. The third kappa shape index (κ3) is 4.26. The van der Waals surface area contributed by atoms with Crippen LogP contribution in [0.1, 0.15) is 28.8 Å². The average molecular weight is 357 g/mol.